The predicted molar refractivity (Wildman–Crippen MR) is 603 cm³/mol. The van der Waals surface area contributed by atoms with E-state index in [-0.39, 0.29) is 30.1 Å². The number of pyridine rings is 3. The first-order chi connectivity index (χ1) is 75.9. The summed E-state index contributed by atoms with van der Waals surface area (Å²) in [7, 11) is 5.98. The maximum atomic E-state index is 8.63. The molecule has 670 valence electrons. The van der Waals surface area contributed by atoms with E-state index in [1.54, 1.807) is 54.7 Å². The number of hydrogen-bond donors (Lipinski definition) is 0. The quantitative estimate of drug-likeness (QED) is 0.0805. The van der Waals surface area contributed by atoms with Crippen LogP contribution < -0.4 is 112 Å². The number of fused-ring (bicyclic) bond motifs is 6. The minimum Gasteiger partial charge on any atom is -0.201 e. The average molecular weight is 1810 g/mol. The van der Waals surface area contributed by atoms with Gasteiger partial charge in [0.1, 0.15) is 21.1 Å². The second-order valence-electron chi connectivity index (χ2n) is 38.1. The summed E-state index contributed by atoms with van der Waals surface area (Å²) in [4.78, 5) is 0. The fraction of sp³-hybridized carbons (Fsp3) is 0.146. The molecule has 0 atom stereocenters. The second kappa shape index (κ2) is 38.4. The van der Waals surface area contributed by atoms with Gasteiger partial charge in [0.2, 0.25) is 57.4 Å². The van der Waals surface area contributed by atoms with Crippen LogP contribution in [0.3, 0.4) is 0 Å². The van der Waals surface area contributed by atoms with E-state index in [1.807, 2.05) is 224 Å². The Hall–Kier alpha value is -14.6. The van der Waals surface area contributed by atoms with Crippen LogP contribution in [0, 0.1) is 110 Å². The maximum absolute atomic E-state index is 8.63. The summed E-state index contributed by atoms with van der Waals surface area (Å²) in [5, 5.41) is 0. The predicted octanol–water partition coefficient (Wildman–Crippen LogP) is 16.2. The third-order valence-electron chi connectivity index (χ3n) is 29.7. The summed E-state index contributed by atoms with van der Waals surface area (Å²) < 4.78 is 187. The Bertz CT molecular complexity index is 8950. The zero-order chi connectivity index (χ0) is 114. The smallest absolute Gasteiger partial charge is 0.201 e. The molecule has 0 N–H and O–H groups in total. The Morgan fingerprint density at radius 2 is 0.439 bits per heavy atom. The van der Waals surface area contributed by atoms with E-state index in [1.165, 1.54) is 16.7 Å². The molecule has 0 unspecified atom stereocenters. The highest BCUT2D eigenvalue weighted by Crippen LogP contribution is 2.33. The fourth-order valence-electron chi connectivity index (χ4n) is 22.9. The minimum atomic E-state index is -2.44. The second-order valence-corrected chi connectivity index (χ2v) is 38.1. The van der Waals surface area contributed by atoms with Crippen LogP contribution in [0.1, 0.15) is 118 Å². The summed E-state index contributed by atoms with van der Waals surface area (Å²) in [6, 6.07) is 120. The van der Waals surface area contributed by atoms with E-state index in [2.05, 4.69) is 201 Å². The van der Waals surface area contributed by atoms with Crippen molar-refractivity contribution in [2.45, 2.75) is 110 Å². The van der Waals surface area contributed by atoms with Crippen molar-refractivity contribution in [3.63, 3.8) is 0 Å². The van der Waals surface area contributed by atoms with Gasteiger partial charge in [-0.25, -0.2) is 13.7 Å². The largest absolute Gasteiger partial charge is 0.241 e. The van der Waals surface area contributed by atoms with Gasteiger partial charge in [0, 0.05) is 80.9 Å². The van der Waals surface area contributed by atoms with E-state index in [9.17, 15) is 0 Å². The van der Waals surface area contributed by atoms with Crippen LogP contribution in [0.15, 0.2) is 383 Å². The maximum Gasteiger partial charge on any atom is 0.241 e. The monoisotopic (exact) mass is 1810 g/mol. The molecule has 19 aromatic rings. The normalized spacial score (nSPS) is 15.1. The first-order valence-corrected chi connectivity index (χ1v) is 48.0. The summed E-state index contributed by atoms with van der Waals surface area (Å²) in [5.74, 6) is 0. The van der Waals surface area contributed by atoms with Gasteiger partial charge >= 0.3 is 0 Å². The lowest BCUT2D eigenvalue weighted by molar-refractivity contribution is -0.660. The van der Waals surface area contributed by atoms with Gasteiger partial charge < -0.3 is 0 Å². The van der Waals surface area contributed by atoms with E-state index >= 15 is 0 Å². The molecule has 9 heteroatoms. The van der Waals surface area contributed by atoms with Crippen molar-refractivity contribution >= 4 is 139 Å². The van der Waals surface area contributed by atoms with Crippen LogP contribution in [0.5, 0.6) is 0 Å². The first-order valence-electron chi connectivity index (χ1n) is 58.5. The molecule has 0 fully saturated rings. The van der Waals surface area contributed by atoms with Gasteiger partial charge in [-0.05, 0) is 190 Å². The molecule has 22 rings (SSSR count). The van der Waals surface area contributed by atoms with E-state index in [0.717, 1.165) is 188 Å². The van der Waals surface area contributed by atoms with Crippen LogP contribution in [-0.2, 0) is 21.1 Å². The van der Waals surface area contributed by atoms with Crippen LogP contribution in [0.25, 0.3) is 78.3 Å². The lowest BCUT2D eigenvalue weighted by atomic mass is 9.20. The van der Waals surface area contributed by atoms with Crippen LogP contribution in [-0.4, -0.2) is 40.3 Å². The van der Waals surface area contributed by atoms with Crippen molar-refractivity contribution in [3.8, 4) is 78.3 Å². The summed E-state index contributed by atoms with van der Waals surface area (Å²) in [6.45, 7) is -1.07. The van der Waals surface area contributed by atoms with Crippen LogP contribution >= 0.6 is 0 Å². The molecule has 0 saturated carbocycles. The third kappa shape index (κ3) is 17.0. The molecular weight excluding hydrogens is 1670 g/mol. The molecule has 3 nitrogen and oxygen atoms in total. The van der Waals surface area contributed by atoms with Crippen molar-refractivity contribution in [1.29, 1.82) is 0 Å². The number of rotatable bonds is 13. The molecule has 16 aromatic carbocycles. The van der Waals surface area contributed by atoms with Crippen LogP contribution in [0.2, 0.25) is 0 Å². The molecule has 0 radical (unpaired) electrons. The first kappa shape index (κ1) is 70.1. The molecule has 0 aliphatic carbocycles. The van der Waals surface area contributed by atoms with Gasteiger partial charge in [0.25, 0.3) is 0 Å². The molecular formula is C130H120B6N3+3. The van der Waals surface area contributed by atoms with Crippen molar-refractivity contribution in [2.75, 3.05) is 0 Å². The summed E-state index contributed by atoms with van der Waals surface area (Å²) in [5.41, 5.74) is 40.4. The standard InChI is InChI=1S/C47H42B2N.C42H40B2N.C41H38B2N/c1-31-13-7-8-18-40(31)45-30-39(27-28-50(45)6)37-23-21-36(22-24-37)38-25-26-43-44(29-38)49(47-34(4)16-12-17-35(47)5)42-20-10-9-19-41(42)48(43)46-32(2)14-11-15-33(46)3;1-27-14-8-9-19-34(27)40-25-35(32(6)26-45(40)7)33-22-23-38-39(24-33)44(42-30(4)17-13-18-31(42)5)37-21-11-10-20-36(37)43(38)41-28(2)15-12-16-29(41)3;1-27-14-7-8-19-33(27)38-25-24-32(26-44(38)6)34-20-13-23-37-41(34)43(40-30(4)17-12-18-31(40)5)36-22-10-9-21-35(36)42(37)39-28(2)15-11-16-29(39)3/h7-30H,1-6H3;8-26H,1-7H3;7-26H,1-6H3/q3*+1/i2D3,4D3;2D3,4D3,6D3;2D3,4D3. The number of nitrogens with zero attached hydrogens (tertiary/aromatic N) is 3. The highest BCUT2D eigenvalue weighted by molar-refractivity contribution is 7.14. The van der Waals surface area contributed by atoms with Gasteiger partial charge in [-0.2, -0.15) is 0 Å². The number of hydrogen-bond acceptors (Lipinski definition) is 0. The fourth-order valence-corrected chi connectivity index (χ4v) is 22.9. The lowest BCUT2D eigenvalue weighted by Crippen LogP contribution is -2.76. The molecule has 139 heavy (non-hydrogen) atoms. The highest BCUT2D eigenvalue weighted by atomic mass is 14.9. The molecule has 3 aliphatic heterocycles. The molecule has 3 aromatic heterocycles. The molecule has 0 bridgehead atoms. The number of benzene rings is 16. The third-order valence-corrected chi connectivity index (χ3v) is 29.7. The summed E-state index contributed by atoms with van der Waals surface area (Å²) >= 11 is 0. The minimum absolute atomic E-state index is 0.189. The van der Waals surface area contributed by atoms with Crippen molar-refractivity contribution in [2.24, 2.45) is 21.1 Å². The molecule has 0 spiro atoms. The zero-order valence-electron chi connectivity index (χ0n) is 102. The number of aromatic nitrogens is 3. The molecule has 0 amide bonds. The Morgan fingerprint density at radius 3 is 0.835 bits per heavy atom. The molecule has 6 heterocycles. The average Bonchev–Trinajstić information content (AvgIpc) is 0.725. The Kier molecular flexibility index (Phi) is 19.3. The van der Waals surface area contributed by atoms with Crippen molar-refractivity contribution in [3.05, 3.63) is 472 Å². The number of aryl methyl sites for hydroxylation is 19. The Balaban J connectivity index is 0.000000143. The molecule has 0 saturated heterocycles. The molecule has 3 aliphatic rings. The SMILES string of the molecule is [2H]C([2H])([2H])c1c[n+](C)c(-c2ccccc2C)cc1-c1ccc2c(c1)B(c1c(C)cccc1C([2H])([2H])[2H])c1ccccc1B2c1c(C)cccc1C([2H])([2H])[2H].[2H]C([2H])([2H])c1cccc(C)c1B1c2ccccc2B(c2c(C)cccc2C([2H])([2H])[2H])c2c1cccc2-c1ccc(-c2ccccc2C)[n+](C)c1.[2H]C([2H])([2H])c1cccc(C)c1B1c2ccccc2B(c2c(C)cccc2C([2H])([2H])[2H])c2cc(-c3ccc(-c4cc[n+](C)c(-c5ccccc5C)c4)cc3)ccc21. The van der Waals surface area contributed by atoms with Gasteiger partial charge in [-0.15, -0.1) is 0 Å². The van der Waals surface area contributed by atoms with Crippen LogP contribution in [0.4, 0.5) is 0 Å². The van der Waals surface area contributed by atoms with Crippen molar-refractivity contribution in [1.82, 2.24) is 0 Å². The van der Waals surface area contributed by atoms with Gasteiger partial charge in [-0.3, -0.25) is 0 Å². The Labute approximate surface area is 857 Å². The van der Waals surface area contributed by atoms with Gasteiger partial charge in [0.15, 0.2) is 18.6 Å². The van der Waals surface area contributed by atoms with Gasteiger partial charge in [-0.1, -0.05) is 481 Å². The summed E-state index contributed by atoms with van der Waals surface area (Å²) in [6.07, 6.45) is 5.94. The van der Waals surface area contributed by atoms with Gasteiger partial charge in [0.05, 0.1) is 0 Å². The lowest BCUT2D eigenvalue weighted by Gasteiger charge is -2.35. The topological polar surface area (TPSA) is 11.6 Å². The highest BCUT2D eigenvalue weighted by Gasteiger charge is 2.46. The van der Waals surface area contributed by atoms with E-state index in [4.69, 9.17) is 28.8 Å². The zero-order valence-corrected chi connectivity index (χ0v) is 80.7. The van der Waals surface area contributed by atoms with Crippen molar-refractivity contribution < 1.29 is 42.5 Å². The van der Waals surface area contributed by atoms with E-state index < -0.39 is 74.8 Å². The Morgan fingerprint density at radius 1 is 0.165 bits per heavy atom. The van der Waals surface area contributed by atoms with E-state index in [0.29, 0.717) is 44.3 Å².